The smallest absolute Gasteiger partial charge is 0.407 e. The summed E-state index contributed by atoms with van der Waals surface area (Å²) < 4.78 is 5.03. The Morgan fingerprint density at radius 3 is 2.81 bits per heavy atom. The minimum absolute atomic E-state index is 0.314. The average Bonchev–Trinajstić information content (AvgIpc) is 2.66. The van der Waals surface area contributed by atoms with Gasteiger partial charge in [-0.25, -0.2) is 4.79 Å². The maximum absolute atomic E-state index is 11.2. The van der Waals surface area contributed by atoms with Crippen LogP contribution >= 0.6 is 0 Å². The number of carbonyl (C=O) groups excluding carboxylic acids is 1. The van der Waals surface area contributed by atoms with Crippen molar-refractivity contribution >= 4 is 12.1 Å². The van der Waals surface area contributed by atoms with E-state index in [1.807, 2.05) is 0 Å². The van der Waals surface area contributed by atoms with Crippen molar-refractivity contribution < 1.29 is 19.4 Å². The first-order chi connectivity index (χ1) is 7.63. The molecular formula is C9H17N3O4. The molecule has 0 radical (unpaired) electrons. The van der Waals surface area contributed by atoms with Crippen molar-refractivity contribution in [3.8, 4) is 0 Å². The lowest BCUT2D eigenvalue weighted by molar-refractivity contribution is -0.139. The first-order valence-electron chi connectivity index (χ1n) is 5.18. The second-order valence-corrected chi connectivity index (χ2v) is 3.59. The molecule has 0 bridgehead atoms. The maximum Gasteiger partial charge on any atom is 0.407 e. The summed E-state index contributed by atoms with van der Waals surface area (Å²) in [6, 6.07) is -0.616. The average molecular weight is 231 g/mol. The van der Waals surface area contributed by atoms with Crippen molar-refractivity contribution in [2.45, 2.75) is 18.6 Å². The molecule has 1 aliphatic heterocycles. The molecule has 1 aliphatic rings. The highest BCUT2D eigenvalue weighted by Crippen LogP contribution is 2.10. The largest absolute Gasteiger partial charge is 0.480 e. The molecule has 7 heteroatoms. The van der Waals surface area contributed by atoms with Crippen LogP contribution in [0, 0.1) is 0 Å². The number of rotatable bonds is 5. The number of aliphatic carboxylic acids is 1. The fourth-order valence-corrected chi connectivity index (χ4v) is 1.46. The molecule has 16 heavy (non-hydrogen) atoms. The normalized spacial score (nSPS) is 24.1. The summed E-state index contributed by atoms with van der Waals surface area (Å²) in [5.74, 6) is -0.915. The molecule has 7 nitrogen and oxygen atoms in total. The molecule has 0 aromatic rings. The van der Waals surface area contributed by atoms with E-state index >= 15 is 0 Å². The lowest BCUT2D eigenvalue weighted by Gasteiger charge is -2.11. The predicted octanol–water partition coefficient (Wildman–Crippen LogP) is -1.25. The minimum Gasteiger partial charge on any atom is -0.480 e. The van der Waals surface area contributed by atoms with Crippen LogP contribution in [-0.2, 0) is 9.53 Å². The summed E-state index contributed by atoms with van der Waals surface area (Å²) in [6.45, 7) is 1.53. The number of hydrogen-bond donors (Lipinski definition) is 4. The van der Waals surface area contributed by atoms with Crippen molar-refractivity contribution in [2.24, 2.45) is 0 Å². The summed E-state index contributed by atoms with van der Waals surface area (Å²) >= 11 is 0. The number of ether oxygens (including phenoxy) is 1. The molecule has 1 amide bonds. The van der Waals surface area contributed by atoms with Gasteiger partial charge in [-0.2, -0.15) is 0 Å². The Hall–Kier alpha value is -1.34. The van der Waals surface area contributed by atoms with Gasteiger partial charge >= 0.3 is 12.1 Å². The molecule has 2 atom stereocenters. The highest BCUT2D eigenvalue weighted by Gasteiger charge is 2.31. The quantitative estimate of drug-likeness (QED) is 0.441. The number of carboxylic acid groups (broad SMARTS) is 1. The first kappa shape index (κ1) is 12.7. The molecule has 0 saturated carbocycles. The number of hydrogen-bond acceptors (Lipinski definition) is 5. The molecule has 1 rings (SSSR count). The number of likely N-dealkylation sites (N-methyl/N-ethyl adjacent to an activating group) is 1. The number of nitrogens with one attached hydrogen (secondary N) is 3. The van der Waals surface area contributed by atoms with Crippen molar-refractivity contribution in [2.75, 3.05) is 26.7 Å². The molecule has 0 aliphatic carbocycles. The topological polar surface area (TPSA) is 99.7 Å². The number of alkyl carbamates (subject to hydrolysis) is 1. The third-order valence-corrected chi connectivity index (χ3v) is 2.31. The van der Waals surface area contributed by atoms with Gasteiger partial charge in [0.1, 0.15) is 12.1 Å². The van der Waals surface area contributed by atoms with Gasteiger partial charge in [0, 0.05) is 26.1 Å². The van der Waals surface area contributed by atoms with E-state index in [9.17, 15) is 9.59 Å². The second-order valence-electron chi connectivity index (χ2n) is 3.59. The molecular weight excluding hydrogens is 214 g/mol. The molecule has 0 aromatic carbocycles. The standard InChI is InChI=1S/C9H17N3O4/c1-10-2-3-11-9(15)16-6-4-7(8(13)14)12-5-6/h6-7,10,12H,2-5H2,1H3,(H,11,15)(H,13,14)/t6?,7-/m0/s1. The van der Waals surface area contributed by atoms with Crippen molar-refractivity contribution in [1.82, 2.24) is 16.0 Å². The number of amides is 1. The highest BCUT2D eigenvalue weighted by atomic mass is 16.6. The third kappa shape index (κ3) is 4.03. The van der Waals surface area contributed by atoms with Crippen LogP contribution in [0.25, 0.3) is 0 Å². The molecule has 0 aromatic heterocycles. The zero-order valence-corrected chi connectivity index (χ0v) is 9.16. The van der Waals surface area contributed by atoms with Crippen LogP contribution in [0.3, 0.4) is 0 Å². The van der Waals surface area contributed by atoms with Gasteiger partial charge in [0.05, 0.1) is 0 Å². The molecule has 1 heterocycles. The van der Waals surface area contributed by atoms with E-state index in [0.29, 0.717) is 26.1 Å². The van der Waals surface area contributed by atoms with E-state index in [1.165, 1.54) is 0 Å². The fraction of sp³-hybridized carbons (Fsp3) is 0.778. The second kappa shape index (κ2) is 6.29. The van der Waals surface area contributed by atoms with Gasteiger partial charge in [-0.3, -0.25) is 4.79 Å². The zero-order chi connectivity index (χ0) is 12.0. The Morgan fingerprint density at radius 1 is 1.50 bits per heavy atom. The van der Waals surface area contributed by atoms with Crippen LogP contribution in [0.1, 0.15) is 6.42 Å². The highest BCUT2D eigenvalue weighted by molar-refractivity contribution is 5.74. The van der Waals surface area contributed by atoms with Crippen molar-refractivity contribution in [3.63, 3.8) is 0 Å². The van der Waals surface area contributed by atoms with Crippen LogP contribution in [-0.4, -0.2) is 56.0 Å². The lowest BCUT2D eigenvalue weighted by atomic mass is 10.2. The predicted molar refractivity (Wildman–Crippen MR) is 56.2 cm³/mol. The van der Waals surface area contributed by atoms with Crippen molar-refractivity contribution in [3.05, 3.63) is 0 Å². The Balaban J connectivity index is 2.18. The van der Waals surface area contributed by atoms with E-state index in [1.54, 1.807) is 7.05 Å². The van der Waals surface area contributed by atoms with E-state index in [4.69, 9.17) is 9.84 Å². The maximum atomic E-state index is 11.2. The van der Waals surface area contributed by atoms with Crippen LogP contribution in [0.2, 0.25) is 0 Å². The van der Waals surface area contributed by atoms with E-state index in [-0.39, 0.29) is 6.10 Å². The fourth-order valence-electron chi connectivity index (χ4n) is 1.46. The summed E-state index contributed by atoms with van der Waals surface area (Å²) in [5, 5.41) is 16.9. The Labute approximate surface area is 93.5 Å². The lowest BCUT2D eigenvalue weighted by Crippen LogP contribution is -2.34. The monoisotopic (exact) mass is 231 g/mol. The third-order valence-electron chi connectivity index (χ3n) is 2.31. The van der Waals surface area contributed by atoms with E-state index < -0.39 is 18.1 Å². The van der Waals surface area contributed by atoms with Gasteiger partial charge in [-0.1, -0.05) is 0 Å². The number of carbonyl (C=O) groups is 2. The Morgan fingerprint density at radius 2 is 2.25 bits per heavy atom. The van der Waals surface area contributed by atoms with E-state index in [0.717, 1.165) is 0 Å². The van der Waals surface area contributed by atoms with Gasteiger partial charge in [0.2, 0.25) is 0 Å². The van der Waals surface area contributed by atoms with Crippen molar-refractivity contribution in [1.29, 1.82) is 0 Å². The van der Waals surface area contributed by atoms with Crippen LogP contribution in [0.4, 0.5) is 4.79 Å². The van der Waals surface area contributed by atoms with Gasteiger partial charge in [0.15, 0.2) is 0 Å². The molecule has 4 N–H and O–H groups in total. The number of carboxylic acids is 1. The summed E-state index contributed by atoms with van der Waals surface area (Å²) in [6.07, 6.45) is -0.557. The van der Waals surface area contributed by atoms with Gasteiger partial charge < -0.3 is 25.8 Å². The first-order valence-corrected chi connectivity index (χ1v) is 5.18. The Kier molecular flexibility index (Phi) is 5.00. The van der Waals surface area contributed by atoms with Gasteiger partial charge in [-0.05, 0) is 7.05 Å². The van der Waals surface area contributed by atoms with Crippen LogP contribution in [0.5, 0.6) is 0 Å². The minimum atomic E-state index is -0.915. The SMILES string of the molecule is CNCCNC(=O)OC1CN[C@H](C(=O)O)C1. The van der Waals surface area contributed by atoms with Crippen LogP contribution in [0.15, 0.2) is 0 Å². The molecule has 1 fully saturated rings. The van der Waals surface area contributed by atoms with Gasteiger partial charge in [-0.15, -0.1) is 0 Å². The van der Waals surface area contributed by atoms with Gasteiger partial charge in [0.25, 0.3) is 0 Å². The summed E-state index contributed by atoms with van der Waals surface area (Å²) in [5.41, 5.74) is 0. The molecule has 92 valence electrons. The summed E-state index contributed by atoms with van der Waals surface area (Å²) in [7, 11) is 1.78. The van der Waals surface area contributed by atoms with Crippen LogP contribution < -0.4 is 16.0 Å². The summed E-state index contributed by atoms with van der Waals surface area (Å²) in [4.78, 5) is 21.8. The van der Waals surface area contributed by atoms with E-state index in [2.05, 4.69) is 16.0 Å². The molecule has 1 unspecified atom stereocenters. The zero-order valence-electron chi connectivity index (χ0n) is 9.16. The molecule has 0 spiro atoms. The Bertz CT molecular complexity index is 259. The molecule has 1 saturated heterocycles.